The molecule has 1 aromatic rings. The molecular formula is C21H30F3N5O2. The smallest absolute Gasteiger partial charge is 0.367 e. The number of amides is 2. The Morgan fingerprint density at radius 1 is 1.29 bits per heavy atom. The van der Waals surface area contributed by atoms with Crippen LogP contribution in [0.1, 0.15) is 70.2 Å². The lowest BCUT2D eigenvalue weighted by Gasteiger charge is -2.36. The second-order valence-corrected chi connectivity index (χ2v) is 8.82. The van der Waals surface area contributed by atoms with Crippen LogP contribution in [-0.2, 0) is 9.59 Å². The van der Waals surface area contributed by atoms with Gasteiger partial charge in [0.15, 0.2) is 6.04 Å². The van der Waals surface area contributed by atoms with Gasteiger partial charge in [0.25, 0.3) is 0 Å². The van der Waals surface area contributed by atoms with Crippen molar-refractivity contribution < 1.29 is 22.8 Å². The summed E-state index contributed by atoms with van der Waals surface area (Å²) in [7, 11) is 0. The molecule has 10 heteroatoms. The van der Waals surface area contributed by atoms with Crippen molar-refractivity contribution in [1.29, 1.82) is 0 Å². The maximum absolute atomic E-state index is 13.7. The second-order valence-electron chi connectivity index (χ2n) is 8.82. The van der Waals surface area contributed by atoms with Gasteiger partial charge in [-0.3, -0.25) is 9.59 Å². The molecule has 4 rings (SSSR count). The molecule has 2 fully saturated rings. The minimum absolute atomic E-state index is 0.0188. The number of likely N-dealkylation sites (tertiary alicyclic amines) is 2. The topological polar surface area (TPSA) is 70.5 Å². The van der Waals surface area contributed by atoms with E-state index in [1.165, 1.54) is 0 Å². The molecule has 1 aromatic heterocycles. The van der Waals surface area contributed by atoms with Crippen LogP contribution < -0.4 is 5.32 Å². The lowest BCUT2D eigenvalue weighted by atomic mass is 9.96. The van der Waals surface area contributed by atoms with Crippen molar-refractivity contribution in [2.45, 2.75) is 76.7 Å². The number of carbonyl (C=O) groups excluding carboxylic acids is 2. The van der Waals surface area contributed by atoms with Crippen molar-refractivity contribution in [3.05, 3.63) is 11.8 Å². The summed E-state index contributed by atoms with van der Waals surface area (Å²) in [5.74, 6) is -0.140. The molecule has 0 aliphatic carbocycles. The first-order valence-corrected chi connectivity index (χ1v) is 11.2. The summed E-state index contributed by atoms with van der Waals surface area (Å²) in [6.07, 6.45) is -1.27. The second kappa shape index (κ2) is 8.35. The minimum Gasteiger partial charge on any atom is -0.367 e. The first kappa shape index (κ1) is 22.0. The van der Waals surface area contributed by atoms with E-state index < -0.39 is 18.1 Å². The molecule has 3 aliphatic rings. The van der Waals surface area contributed by atoms with Crippen molar-refractivity contribution in [2.75, 3.05) is 25.0 Å². The Labute approximate surface area is 179 Å². The standard InChI is InChI=1S/C21H30F3N5O2/c1-3-14-10-17(21(22,23)24)29-18(25-14)11-15(26-29)16-7-5-6-8-28(16)20(31)13-9-19(30)27(4-2)12-13/h11,13-14,16-17,25H,3-10,12H2,1-2H3/t13?,14-,16?,17-/m1/s1. The van der Waals surface area contributed by atoms with Gasteiger partial charge in [-0.05, 0) is 39.0 Å². The van der Waals surface area contributed by atoms with Gasteiger partial charge in [0, 0.05) is 38.2 Å². The van der Waals surface area contributed by atoms with Crippen LogP contribution in [0, 0.1) is 5.92 Å². The van der Waals surface area contributed by atoms with Gasteiger partial charge in [-0.2, -0.15) is 18.3 Å². The minimum atomic E-state index is -4.39. The summed E-state index contributed by atoms with van der Waals surface area (Å²) in [4.78, 5) is 28.8. The zero-order valence-electron chi connectivity index (χ0n) is 18.0. The molecule has 7 nitrogen and oxygen atoms in total. The Morgan fingerprint density at radius 2 is 2.06 bits per heavy atom. The SMILES string of the molecule is CC[C@@H]1C[C@H](C(F)(F)F)n2nc(C3CCCCN3C(=O)C3CC(=O)N(CC)C3)cc2N1. The molecule has 172 valence electrons. The molecule has 2 amide bonds. The van der Waals surface area contributed by atoms with Crippen LogP contribution in [0.5, 0.6) is 0 Å². The summed E-state index contributed by atoms with van der Waals surface area (Å²) < 4.78 is 42.2. The average molecular weight is 441 g/mol. The fraction of sp³-hybridized carbons (Fsp3) is 0.762. The molecule has 4 heterocycles. The molecule has 2 unspecified atom stereocenters. The Bertz CT molecular complexity index is 839. The molecule has 4 atom stereocenters. The van der Waals surface area contributed by atoms with Crippen molar-refractivity contribution in [3.63, 3.8) is 0 Å². The van der Waals surface area contributed by atoms with Gasteiger partial charge in [-0.1, -0.05) is 6.92 Å². The van der Waals surface area contributed by atoms with Gasteiger partial charge >= 0.3 is 6.18 Å². The zero-order valence-corrected chi connectivity index (χ0v) is 18.0. The molecular weight excluding hydrogens is 411 g/mol. The van der Waals surface area contributed by atoms with E-state index in [9.17, 15) is 22.8 Å². The fourth-order valence-corrected chi connectivity index (χ4v) is 5.08. The van der Waals surface area contributed by atoms with E-state index in [2.05, 4.69) is 10.4 Å². The van der Waals surface area contributed by atoms with Crippen LogP contribution in [-0.4, -0.2) is 63.2 Å². The number of aromatic nitrogens is 2. The van der Waals surface area contributed by atoms with Crippen LogP contribution in [0.3, 0.4) is 0 Å². The summed E-state index contributed by atoms with van der Waals surface area (Å²) >= 11 is 0. The van der Waals surface area contributed by atoms with Crippen LogP contribution in [0.4, 0.5) is 19.0 Å². The van der Waals surface area contributed by atoms with Crippen LogP contribution in [0.25, 0.3) is 0 Å². The van der Waals surface area contributed by atoms with Crippen molar-refractivity contribution in [3.8, 4) is 0 Å². The first-order valence-electron chi connectivity index (χ1n) is 11.2. The Balaban J connectivity index is 1.60. The Morgan fingerprint density at radius 3 is 2.71 bits per heavy atom. The highest BCUT2D eigenvalue weighted by molar-refractivity contribution is 5.89. The van der Waals surface area contributed by atoms with E-state index in [-0.39, 0.29) is 36.7 Å². The number of nitrogens with zero attached hydrogens (tertiary/aromatic N) is 4. The number of rotatable bonds is 4. The number of hydrogen-bond donors (Lipinski definition) is 1. The maximum atomic E-state index is 13.7. The van der Waals surface area contributed by atoms with E-state index in [0.29, 0.717) is 44.0 Å². The van der Waals surface area contributed by atoms with Gasteiger partial charge in [0.2, 0.25) is 11.8 Å². The number of nitrogens with one attached hydrogen (secondary N) is 1. The van der Waals surface area contributed by atoms with E-state index in [4.69, 9.17) is 0 Å². The molecule has 31 heavy (non-hydrogen) atoms. The van der Waals surface area contributed by atoms with Crippen molar-refractivity contribution >= 4 is 17.6 Å². The first-order chi connectivity index (χ1) is 14.7. The normalized spacial score (nSPS) is 29.1. The van der Waals surface area contributed by atoms with Gasteiger partial charge in [-0.25, -0.2) is 4.68 Å². The molecule has 2 saturated heterocycles. The lowest BCUT2D eigenvalue weighted by Crippen LogP contribution is -2.43. The van der Waals surface area contributed by atoms with Crippen LogP contribution in [0.15, 0.2) is 6.07 Å². The average Bonchev–Trinajstić information content (AvgIpc) is 3.34. The maximum Gasteiger partial charge on any atom is 0.410 e. The summed E-state index contributed by atoms with van der Waals surface area (Å²) in [5.41, 5.74) is 0.498. The predicted octanol–water partition coefficient (Wildman–Crippen LogP) is 3.50. The molecule has 1 N–H and O–H groups in total. The quantitative estimate of drug-likeness (QED) is 0.777. The van der Waals surface area contributed by atoms with E-state index in [1.54, 1.807) is 15.9 Å². The predicted molar refractivity (Wildman–Crippen MR) is 108 cm³/mol. The van der Waals surface area contributed by atoms with Crippen LogP contribution >= 0.6 is 0 Å². The number of piperidine rings is 1. The van der Waals surface area contributed by atoms with E-state index in [1.807, 2.05) is 13.8 Å². The number of carbonyl (C=O) groups is 2. The molecule has 0 aromatic carbocycles. The fourth-order valence-electron chi connectivity index (χ4n) is 5.08. The van der Waals surface area contributed by atoms with Crippen molar-refractivity contribution in [2.24, 2.45) is 5.92 Å². The van der Waals surface area contributed by atoms with E-state index in [0.717, 1.165) is 17.5 Å². The molecule has 0 radical (unpaired) electrons. The van der Waals surface area contributed by atoms with Crippen molar-refractivity contribution in [1.82, 2.24) is 19.6 Å². The molecule has 0 spiro atoms. The van der Waals surface area contributed by atoms with E-state index >= 15 is 0 Å². The number of anilines is 1. The highest BCUT2D eigenvalue weighted by Crippen LogP contribution is 2.42. The number of alkyl halides is 3. The number of fused-ring (bicyclic) bond motifs is 1. The summed E-state index contributed by atoms with van der Waals surface area (Å²) in [5, 5.41) is 7.53. The van der Waals surface area contributed by atoms with Gasteiger partial charge < -0.3 is 15.1 Å². The third kappa shape index (κ3) is 4.13. The van der Waals surface area contributed by atoms with Gasteiger partial charge in [0.1, 0.15) is 5.82 Å². The third-order valence-electron chi connectivity index (χ3n) is 6.85. The highest BCUT2D eigenvalue weighted by atomic mass is 19.4. The summed E-state index contributed by atoms with van der Waals surface area (Å²) in [6, 6.07) is -0.617. The molecule has 0 bridgehead atoms. The van der Waals surface area contributed by atoms with Gasteiger partial charge in [-0.15, -0.1) is 0 Å². The number of hydrogen-bond acceptors (Lipinski definition) is 4. The largest absolute Gasteiger partial charge is 0.410 e. The third-order valence-corrected chi connectivity index (χ3v) is 6.85. The highest BCUT2D eigenvalue weighted by Gasteiger charge is 2.47. The Kier molecular flexibility index (Phi) is 5.91. The van der Waals surface area contributed by atoms with Crippen LogP contribution in [0.2, 0.25) is 0 Å². The lowest BCUT2D eigenvalue weighted by molar-refractivity contribution is -0.173. The molecule has 0 saturated carbocycles. The molecule has 3 aliphatic heterocycles. The zero-order chi connectivity index (χ0) is 22.3. The Hall–Kier alpha value is -2.26. The van der Waals surface area contributed by atoms with Gasteiger partial charge in [0.05, 0.1) is 17.7 Å². The summed E-state index contributed by atoms with van der Waals surface area (Å²) in [6.45, 7) is 5.27. The number of halogens is 3. The monoisotopic (exact) mass is 441 g/mol.